The van der Waals surface area contributed by atoms with Gasteiger partial charge in [-0.15, -0.1) is 0 Å². The fourth-order valence-corrected chi connectivity index (χ4v) is 4.09. The van der Waals surface area contributed by atoms with Crippen LogP contribution >= 0.6 is 0 Å². The molecule has 1 atom stereocenters. The molecule has 0 radical (unpaired) electrons. The van der Waals surface area contributed by atoms with Crippen LogP contribution < -0.4 is 0 Å². The Morgan fingerprint density at radius 2 is 1.96 bits per heavy atom. The molecule has 1 aliphatic heterocycles. The van der Waals surface area contributed by atoms with Crippen LogP contribution in [0.3, 0.4) is 0 Å². The minimum Gasteiger partial charge on any atom is -0.464 e. The fourth-order valence-electron chi connectivity index (χ4n) is 4.09. The minimum atomic E-state index is 0.0902. The molecule has 1 amide bonds. The van der Waals surface area contributed by atoms with E-state index >= 15 is 0 Å². The second-order valence-electron chi connectivity index (χ2n) is 7.18. The normalized spacial score (nSPS) is 17.0. The molecule has 1 fully saturated rings. The Kier molecular flexibility index (Phi) is 4.01. The Morgan fingerprint density at radius 1 is 1.11 bits per heavy atom. The first-order chi connectivity index (χ1) is 13.7. The first-order valence-corrected chi connectivity index (χ1v) is 9.62. The van der Waals surface area contributed by atoms with E-state index in [1.165, 1.54) is 0 Å². The molecule has 1 aliphatic rings. The van der Waals surface area contributed by atoms with Gasteiger partial charge in [0.25, 0.3) is 0 Å². The minimum absolute atomic E-state index is 0.0902. The number of amides is 1. The van der Waals surface area contributed by atoms with Crippen LogP contribution in [-0.4, -0.2) is 33.4 Å². The predicted octanol–water partition coefficient (Wildman–Crippen LogP) is 4.76. The summed E-state index contributed by atoms with van der Waals surface area (Å²) in [6.45, 7) is 3.49. The lowest BCUT2D eigenvalue weighted by atomic mass is 10.0. The predicted molar refractivity (Wildman–Crippen MR) is 109 cm³/mol. The number of furan rings is 1. The van der Waals surface area contributed by atoms with Gasteiger partial charge >= 0.3 is 0 Å². The molecule has 0 saturated carbocycles. The van der Waals surface area contributed by atoms with Gasteiger partial charge in [-0.05, 0) is 31.2 Å². The molecule has 4 aromatic rings. The summed E-state index contributed by atoms with van der Waals surface area (Å²) in [5, 5.41) is 1.06. The average Bonchev–Trinajstić information content (AvgIpc) is 3.45. The molecule has 0 bridgehead atoms. The molecule has 5 heteroatoms. The third-order valence-electron chi connectivity index (χ3n) is 5.54. The van der Waals surface area contributed by atoms with Gasteiger partial charge in [0, 0.05) is 36.0 Å². The molecule has 2 aromatic heterocycles. The van der Waals surface area contributed by atoms with Crippen LogP contribution in [0.15, 0.2) is 71.6 Å². The number of hydrogen-bond acceptors (Lipinski definition) is 3. The number of fused-ring (bicyclic) bond motifs is 1. The van der Waals surface area contributed by atoms with Crippen LogP contribution in [0.4, 0.5) is 0 Å². The van der Waals surface area contributed by atoms with Gasteiger partial charge < -0.3 is 13.9 Å². The van der Waals surface area contributed by atoms with Gasteiger partial charge in [-0.2, -0.15) is 0 Å². The van der Waals surface area contributed by atoms with E-state index in [0.717, 1.165) is 46.6 Å². The molecule has 0 spiro atoms. The number of rotatable bonds is 4. The van der Waals surface area contributed by atoms with Crippen molar-refractivity contribution in [3.05, 3.63) is 67.2 Å². The number of likely N-dealkylation sites (tertiary alicyclic amines) is 1. The number of nitrogens with zero attached hydrogens (tertiary/aromatic N) is 3. The highest BCUT2D eigenvalue weighted by molar-refractivity contribution is 5.87. The smallest absolute Gasteiger partial charge is 0.224 e. The second kappa shape index (κ2) is 6.68. The molecule has 0 unspecified atom stereocenters. The molecule has 28 heavy (non-hydrogen) atoms. The average molecular weight is 371 g/mol. The Labute approximate surface area is 163 Å². The van der Waals surface area contributed by atoms with Crippen molar-refractivity contribution in [2.45, 2.75) is 19.4 Å². The summed E-state index contributed by atoms with van der Waals surface area (Å²) in [5.74, 6) is 0.207. The molecular weight excluding hydrogens is 350 g/mol. The summed E-state index contributed by atoms with van der Waals surface area (Å²) in [6, 6.07) is 18.5. The van der Waals surface area contributed by atoms with E-state index in [1.807, 2.05) is 48.5 Å². The van der Waals surface area contributed by atoms with E-state index in [0.29, 0.717) is 6.42 Å². The fraction of sp³-hybridized carbons (Fsp3) is 0.217. The van der Waals surface area contributed by atoms with Crippen molar-refractivity contribution in [1.82, 2.24) is 14.5 Å². The van der Waals surface area contributed by atoms with Crippen LogP contribution in [0.1, 0.15) is 19.4 Å². The first kappa shape index (κ1) is 16.8. The Balaban J connectivity index is 1.68. The van der Waals surface area contributed by atoms with Gasteiger partial charge in [0.1, 0.15) is 5.58 Å². The SMILES string of the molecule is CCN1C[C@@H](n2cnc(-c3ccccc3)c2-c2ccc3occc3c2)CC1=O. The van der Waals surface area contributed by atoms with Gasteiger partial charge in [-0.1, -0.05) is 30.3 Å². The highest BCUT2D eigenvalue weighted by Gasteiger charge is 2.32. The van der Waals surface area contributed by atoms with Gasteiger partial charge in [-0.3, -0.25) is 4.79 Å². The van der Waals surface area contributed by atoms with E-state index in [9.17, 15) is 4.79 Å². The van der Waals surface area contributed by atoms with Gasteiger partial charge in [0.2, 0.25) is 5.91 Å². The van der Waals surface area contributed by atoms with Crippen LogP contribution in [0.2, 0.25) is 0 Å². The van der Waals surface area contributed by atoms with E-state index < -0.39 is 0 Å². The topological polar surface area (TPSA) is 51.3 Å². The van der Waals surface area contributed by atoms with Gasteiger partial charge in [-0.25, -0.2) is 4.98 Å². The maximum atomic E-state index is 12.3. The molecule has 1 saturated heterocycles. The van der Waals surface area contributed by atoms with Crippen molar-refractivity contribution >= 4 is 16.9 Å². The number of carbonyl (C=O) groups excluding carboxylic acids is 1. The summed E-state index contributed by atoms with van der Waals surface area (Å²) in [5.41, 5.74) is 4.99. The lowest BCUT2D eigenvalue weighted by Gasteiger charge is -2.18. The summed E-state index contributed by atoms with van der Waals surface area (Å²) in [6.07, 6.45) is 4.10. The maximum absolute atomic E-state index is 12.3. The third kappa shape index (κ3) is 2.71. The number of benzene rings is 2. The van der Waals surface area contributed by atoms with Gasteiger partial charge in [0.15, 0.2) is 0 Å². The van der Waals surface area contributed by atoms with Gasteiger partial charge in [0.05, 0.1) is 30.0 Å². The maximum Gasteiger partial charge on any atom is 0.224 e. The van der Waals surface area contributed by atoms with E-state index in [-0.39, 0.29) is 11.9 Å². The Hall–Kier alpha value is -3.34. The summed E-state index contributed by atoms with van der Waals surface area (Å²) >= 11 is 0. The zero-order valence-corrected chi connectivity index (χ0v) is 15.7. The molecule has 2 aromatic carbocycles. The third-order valence-corrected chi connectivity index (χ3v) is 5.54. The molecule has 0 aliphatic carbocycles. The van der Waals surface area contributed by atoms with Crippen LogP contribution in [0.5, 0.6) is 0 Å². The van der Waals surface area contributed by atoms with Crippen molar-refractivity contribution in [1.29, 1.82) is 0 Å². The summed E-state index contributed by atoms with van der Waals surface area (Å²) in [4.78, 5) is 19.0. The van der Waals surface area contributed by atoms with E-state index in [2.05, 4.69) is 28.8 Å². The monoisotopic (exact) mass is 371 g/mol. The van der Waals surface area contributed by atoms with Crippen molar-refractivity contribution in [3.63, 3.8) is 0 Å². The number of likely N-dealkylation sites (N-methyl/N-ethyl adjacent to an activating group) is 1. The van der Waals surface area contributed by atoms with Crippen LogP contribution in [0.25, 0.3) is 33.5 Å². The zero-order valence-electron chi connectivity index (χ0n) is 15.7. The zero-order chi connectivity index (χ0) is 19.1. The lowest BCUT2D eigenvalue weighted by Crippen LogP contribution is -2.24. The molecule has 5 nitrogen and oxygen atoms in total. The van der Waals surface area contributed by atoms with Crippen molar-refractivity contribution < 1.29 is 9.21 Å². The van der Waals surface area contributed by atoms with Crippen molar-refractivity contribution in [2.75, 3.05) is 13.1 Å². The lowest BCUT2D eigenvalue weighted by molar-refractivity contribution is -0.127. The molecular formula is C23H21N3O2. The summed E-state index contributed by atoms with van der Waals surface area (Å²) in [7, 11) is 0. The number of hydrogen-bond donors (Lipinski definition) is 0. The van der Waals surface area contributed by atoms with Crippen LogP contribution in [-0.2, 0) is 4.79 Å². The first-order valence-electron chi connectivity index (χ1n) is 9.62. The second-order valence-corrected chi connectivity index (χ2v) is 7.18. The number of aromatic nitrogens is 2. The highest BCUT2D eigenvalue weighted by Crippen LogP contribution is 2.37. The van der Waals surface area contributed by atoms with Crippen LogP contribution in [0, 0.1) is 0 Å². The van der Waals surface area contributed by atoms with Crippen molar-refractivity contribution in [3.8, 4) is 22.5 Å². The van der Waals surface area contributed by atoms with Crippen molar-refractivity contribution in [2.24, 2.45) is 0 Å². The Morgan fingerprint density at radius 3 is 2.75 bits per heavy atom. The quantitative estimate of drug-likeness (QED) is 0.520. The number of carbonyl (C=O) groups is 1. The molecule has 140 valence electrons. The largest absolute Gasteiger partial charge is 0.464 e. The number of imidazole rings is 1. The molecule has 3 heterocycles. The van der Waals surface area contributed by atoms with E-state index in [4.69, 9.17) is 9.40 Å². The molecule has 5 rings (SSSR count). The highest BCUT2D eigenvalue weighted by atomic mass is 16.3. The summed E-state index contributed by atoms with van der Waals surface area (Å²) < 4.78 is 7.68. The standard InChI is InChI=1S/C23H21N3O2/c1-2-25-14-19(13-21(25)27)26-15-24-22(16-6-4-3-5-7-16)23(26)18-8-9-20-17(12-18)10-11-28-20/h3-12,15,19H,2,13-14H2,1H3/t19-/m0/s1. The molecule has 0 N–H and O–H groups in total. The Bertz CT molecular complexity index is 1140. The van der Waals surface area contributed by atoms with E-state index in [1.54, 1.807) is 6.26 Å².